The van der Waals surface area contributed by atoms with Gasteiger partial charge in [-0.25, -0.2) is 0 Å². The molecule has 0 saturated heterocycles. The lowest BCUT2D eigenvalue weighted by Gasteiger charge is -2.11. The quantitative estimate of drug-likeness (QED) is 0.415. The van der Waals surface area contributed by atoms with Crippen molar-refractivity contribution >= 4 is 10.9 Å². The van der Waals surface area contributed by atoms with Crippen LogP contribution in [0.1, 0.15) is 64.5 Å². The first-order valence-electron chi connectivity index (χ1n) is 10.4. The highest BCUT2D eigenvalue weighted by Crippen LogP contribution is 2.31. The SMILES string of the molecule is CC.CCCCc1cc(CCCC)cc(-c2cccc3c2ccn3C)c1. The Labute approximate surface area is 160 Å². The van der Waals surface area contributed by atoms with E-state index in [1.54, 1.807) is 0 Å². The number of benzene rings is 2. The first-order chi connectivity index (χ1) is 12.7. The third-order valence-electron chi connectivity index (χ3n) is 4.93. The molecular weight excluding hydrogens is 314 g/mol. The molecule has 3 aromatic rings. The fourth-order valence-electron chi connectivity index (χ4n) is 3.52. The lowest BCUT2D eigenvalue weighted by Crippen LogP contribution is -1.93. The zero-order valence-electron chi connectivity index (χ0n) is 17.3. The molecule has 1 heteroatoms. The van der Waals surface area contributed by atoms with Crippen LogP contribution in [0.15, 0.2) is 48.7 Å². The van der Waals surface area contributed by atoms with Gasteiger partial charge in [-0.05, 0) is 60.1 Å². The van der Waals surface area contributed by atoms with Gasteiger partial charge in [-0.3, -0.25) is 0 Å². The van der Waals surface area contributed by atoms with Crippen molar-refractivity contribution in [3.63, 3.8) is 0 Å². The van der Waals surface area contributed by atoms with Gasteiger partial charge < -0.3 is 4.57 Å². The maximum absolute atomic E-state index is 2.43. The maximum atomic E-state index is 2.43. The summed E-state index contributed by atoms with van der Waals surface area (Å²) in [5.74, 6) is 0. The van der Waals surface area contributed by atoms with Crippen LogP contribution in [0.3, 0.4) is 0 Å². The van der Waals surface area contributed by atoms with E-state index in [9.17, 15) is 0 Å². The fraction of sp³-hybridized carbons (Fsp3) is 0.440. The summed E-state index contributed by atoms with van der Waals surface area (Å²) in [4.78, 5) is 0. The Kier molecular flexibility index (Phi) is 7.97. The average Bonchev–Trinajstić information content (AvgIpc) is 3.07. The highest BCUT2D eigenvalue weighted by molar-refractivity contribution is 5.95. The summed E-state index contributed by atoms with van der Waals surface area (Å²) in [6, 6.07) is 16.2. The monoisotopic (exact) mass is 349 g/mol. The van der Waals surface area contributed by atoms with Crippen LogP contribution in [-0.4, -0.2) is 4.57 Å². The van der Waals surface area contributed by atoms with E-state index in [4.69, 9.17) is 0 Å². The second kappa shape index (κ2) is 10.2. The van der Waals surface area contributed by atoms with Gasteiger partial charge in [0.15, 0.2) is 0 Å². The summed E-state index contributed by atoms with van der Waals surface area (Å²) in [6.45, 7) is 8.54. The van der Waals surface area contributed by atoms with Crippen LogP contribution >= 0.6 is 0 Å². The second-order valence-corrected chi connectivity index (χ2v) is 6.91. The van der Waals surface area contributed by atoms with Crippen molar-refractivity contribution in [3.8, 4) is 11.1 Å². The summed E-state index contributed by atoms with van der Waals surface area (Å²) >= 11 is 0. The largest absolute Gasteiger partial charge is 0.351 e. The van der Waals surface area contributed by atoms with E-state index in [-0.39, 0.29) is 0 Å². The molecule has 140 valence electrons. The van der Waals surface area contributed by atoms with Gasteiger partial charge in [0.2, 0.25) is 0 Å². The third-order valence-corrected chi connectivity index (χ3v) is 4.93. The molecule has 1 heterocycles. The molecule has 0 aliphatic heterocycles. The van der Waals surface area contributed by atoms with Crippen LogP contribution in [-0.2, 0) is 19.9 Å². The molecule has 0 amide bonds. The minimum atomic E-state index is 1.19. The average molecular weight is 350 g/mol. The number of fused-ring (bicyclic) bond motifs is 1. The zero-order chi connectivity index (χ0) is 18.9. The van der Waals surface area contributed by atoms with Crippen molar-refractivity contribution in [3.05, 3.63) is 59.8 Å². The van der Waals surface area contributed by atoms with Crippen LogP contribution in [0.25, 0.3) is 22.0 Å². The standard InChI is InChI=1S/C23H29N.C2H6/c1-4-6-9-18-15-19(10-7-5-2)17-20(16-18)21-11-8-12-23-22(21)13-14-24(23)3;1-2/h8,11-17H,4-7,9-10H2,1-3H3;1-2H3. The second-order valence-electron chi connectivity index (χ2n) is 6.91. The number of aromatic nitrogens is 1. The Balaban J connectivity index is 0.00000117. The minimum absolute atomic E-state index is 1.19. The van der Waals surface area contributed by atoms with Gasteiger partial charge in [-0.15, -0.1) is 0 Å². The van der Waals surface area contributed by atoms with Crippen LogP contribution in [0.5, 0.6) is 0 Å². The molecule has 0 aliphatic rings. The number of nitrogens with zero attached hydrogens (tertiary/aromatic N) is 1. The number of unbranched alkanes of at least 4 members (excludes halogenated alkanes) is 2. The van der Waals surface area contributed by atoms with Gasteiger partial charge in [0.25, 0.3) is 0 Å². The molecule has 0 unspecified atom stereocenters. The Hall–Kier alpha value is -2.02. The molecular formula is C25H35N. The Morgan fingerprint density at radius 3 is 2.00 bits per heavy atom. The highest BCUT2D eigenvalue weighted by Gasteiger charge is 2.09. The summed E-state index contributed by atoms with van der Waals surface area (Å²) in [7, 11) is 2.12. The lowest BCUT2D eigenvalue weighted by atomic mass is 9.94. The fourth-order valence-corrected chi connectivity index (χ4v) is 3.52. The first kappa shape index (κ1) is 20.3. The van der Waals surface area contributed by atoms with Crippen molar-refractivity contribution in [2.24, 2.45) is 7.05 Å². The molecule has 0 radical (unpaired) electrons. The van der Waals surface area contributed by atoms with Gasteiger partial charge in [-0.1, -0.05) is 70.9 Å². The molecule has 1 nitrogen and oxygen atoms in total. The van der Waals surface area contributed by atoms with Crippen molar-refractivity contribution in [1.29, 1.82) is 0 Å². The summed E-state index contributed by atoms with van der Waals surface area (Å²) in [6.07, 6.45) is 9.58. The van der Waals surface area contributed by atoms with Crippen molar-refractivity contribution in [2.45, 2.75) is 66.2 Å². The van der Waals surface area contributed by atoms with E-state index < -0.39 is 0 Å². The molecule has 0 fully saturated rings. The molecule has 2 aromatic carbocycles. The molecule has 26 heavy (non-hydrogen) atoms. The van der Waals surface area contributed by atoms with E-state index in [0.717, 1.165) is 0 Å². The van der Waals surface area contributed by atoms with Crippen molar-refractivity contribution in [1.82, 2.24) is 4.57 Å². The van der Waals surface area contributed by atoms with Gasteiger partial charge in [-0.2, -0.15) is 0 Å². The van der Waals surface area contributed by atoms with Gasteiger partial charge >= 0.3 is 0 Å². The predicted octanol–water partition coefficient (Wildman–Crippen LogP) is 7.56. The van der Waals surface area contributed by atoms with E-state index in [0.29, 0.717) is 0 Å². The predicted molar refractivity (Wildman–Crippen MR) is 117 cm³/mol. The number of hydrogen-bond donors (Lipinski definition) is 0. The smallest absolute Gasteiger partial charge is 0.0483 e. The molecule has 0 spiro atoms. The van der Waals surface area contributed by atoms with Gasteiger partial charge in [0, 0.05) is 24.1 Å². The Morgan fingerprint density at radius 1 is 0.808 bits per heavy atom. The lowest BCUT2D eigenvalue weighted by molar-refractivity contribution is 0.781. The van der Waals surface area contributed by atoms with Crippen molar-refractivity contribution in [2.75, 3.05) is 0 Å². The number of hydrogen-bond acceptors (Lipinski definition) is 0. The topological polar surface area (TPSA) is 4.93 Å². The van der Waals surface area contributed by atoms with Gasteiger partial charge in [0.1, 0.15) is 0 Å². The summed E-state index contributed by atoms with van der Waals surface area (Å²) < 4.78 is 2.21. The Bertz CT molecular complexity index is 784. The number of aryl methyl sites for hydroxylation is 3. The normalized spacial score (nSPS) is 10.7. The van der Waals surface area contributed by atoms with E-state index >= 15 is 0 Å². The molecule has 0 atom stereocenters. The van der Waals surface area contributed by atoms with Crippen LogP contribution in [0, 0.1) is 0 Å². The van der Waals surface area contributed by atoms with E-state index in [2.05, 4.69) is 74.1 Å². The first-order valence-corrected chi connectivity index (χ1v) is 10.4. The third kappa shape index (κ3) is 4.78. The minimum Gasteiger partial charge on any atom is -0.351 e. The maximum Gasteiger partial charge on any atom is 0.0483 e. The zero-order valence-corrected chi connectivity index (χ0v) is 17.3. The molecule has 0 saturated carbocycles. The Morgan fingerprint density at radius 2 is 1.42 bits per heavy atom. The molecule has 3 rings (SSSR count). The van der Waals surface area contributed by atoms with Crippen molar-refractivity contribution < 1.29 is 0 Å². The molecule has 1 aromatic heterocycles. The van der Waals surface area contributed by atoms with Gasteiger partial charge in [0.05, 0.1) is 0 Å². The van der Waals surface area contributed by atoms with Crippen LogP contribution in [0.2, 0.25) is 0 Å². The molecule has 0 N–H and O–H groups in total. The summed E-state index contributed by atoms with van der Waals surface area (Å²) in [5, 5.41) is 1.36. The summed E-state index contributed by atoms with van der Waals surface area (Å²) in [5.41, 5.74) is 7.04. The van der Waals surface area contributed by atoms with Crippen LogP contribution < -0.4 is 0 Å². The number of rotatable bonds is 7. The van der Waals surface area contributed by atoms with E-state index in [1.807, 2.05) is 13.8 Å². The van der Waals surface area contributed by atoms with E-state index in [1.165, 1.54) is 71.7 Å². The molecule has 0 aliphatic carbocycles. The molecule has 0 bridgehead atoms. The highest BCUT2D eigenvalue weighted by atomic mass is 14.9. The van der Waals surface area contributed by atoms with Crippen LogP contribution in [0.4, 0.5) is 0 Å².